The van der Waals surface area contributed by atoms with E-state index in [0.29, 0.717) is 24.0 Å². The van der Waals surface area contributed by atoms with Crippen molar-refractivity contribution in [3.05, 3.63) is 59.7 Å². The number of carbonyl (C=O) groups excluding carboxylic acids is 4. The summed E-state index contributed by atoms with van der Waals surface area (Å²) in [7, 11) is 0. The fourth-order valence-corrected chi connectivity index (χ4v) is 3.16. The minimum Gasteiger partial charge on any atom is -0.461 e. The molecule has 2 aromatic rings. The van der Waals surface area contributed by atoms with E-state index in [1.807, 2.05) is 13.8 Å². The lowest BCUT2D eigenvalue weighted by Gasteiger charge is -2.24. The van der Waals surface area contributed by atoms with Crippen LogP contribution in [-0.4, -0.2) is 54.2 Å². The van der Waals surface area contributed by atoms with Gasteiger partial charge in [-0.15, -0.1) is 0 Å². The molecule has 0 saturated heterocycles. The fourth-order valence-electron chi connectivity index (χ4n) is 3.16. The Morgan fingerprint density at radius 2 is 1.36 bits per heavy atom. The van der Waals surface area contributed by atoms with Crippen LogP contribution in [0.1, 0.15) is 77.2 Å². The SMILES string of the molecule is CCC(C)(C)OC(=O)Oc1ccc(C[C@H](N)C(=O)OC[C@H](C)OC(=O)c2ccccc2)cc1OC(=O)OC(C)(C)CC. The molecule has 0 heterocycles. The molecule has 42 heavy (non-hydrogen) atoms. The topological polar surface area (TPSA) is 150 Å². The molecule has 0 aliphatic heterocycles. The van der Waals surface area contributed by atoms with Gasteiger partial charge in [-0.3, -0.25) is 4.79 Å². The number of hydrogen-bond acceptors (Lipinski definition) is 11. The molecule has 2 aromatic carbocycles. The second-order valence-electron chi connectivity index (χ2n) is 10.9. The van der Waals surface area contributed by atoms with Gasteiger partial charge in [0, 0.05) is 0 Å². The maximum Gasteiger partial charge on any atom is 0.514 e. The zero-order valence-electron chi connectivity index (χ0n) is 25.3. The molecule has 0 aliphatic rings. The van der Waals surface area contributed by atoms with Crippen molar-refractivity contribution in [2.75, 3.05) is 6.61 Å². The number of esters is 2. The Kier molecular flexibility index (Phi) is 12.3. The highest BCUT2D eigenvalue weighted by molar-refractivity contribution is 5.89. The predicted molar refractivity (Wildman–Crippen MR) is 153 cm³/mol. The van der Waals surface area contributed by atoms with Crippen LogP contribution in [0.25, 0.3) is 0 Å². The smallest absolute Gasteiger partial charge is 0.461 e. The Labute approximate surface area is 246 Å². The van der Waals surface area contributed by atoms with E-state index < -0.39 is 47.6 Å². The Morgan fingerprint density at radius 3 is 1.90 bits per heavy atom. The average Bonchev–Trinajstić information content (AvgIpc) is 2.92. The van der Waals surface area contributed by atoms with Crippen LogP contribution in [-0.2, 0) is 30.2 Å². The summed E-state index contributed by atoms with van der Waals surface area (Å²) in [6, 6.07) is 11.7. The molecule has 0 amide bonds. The molecule has 0 unspecified atom stereocenters. The van der Waals surface area contributed by atoms with E-state index in [9.17, 15) is 19.2 Å². The molecule has 2 atom stereocenters. The molecular weight excluding hydrogens is 546 g/mol. The van der Waals surface area contributed by atoms with Gasteiger partial charge in [0.05, 0.1) is 5.56 Å². The minimum atomic E-state index is -1.09. The molecule has 0 saturated carbocycles. The van der Waals surface area contributed by atoms with Crippen molar-refractivity contribution in [2.45, 2.75) is 91.1 Å². The number of nitrogens with two attached hydrogens (primary N) is 1. The monoisotopic (exact) mass is 587 g/mol. The number of carbonyl (C=O) groups is 4. The van der Waals surface area contributed by atoms with Gasteiger partial charge in [-0.1, -0.05) is 38.1 Å². The highest BCUT2D eigenvalue weighted by Gasteiger charge is 2.27. The lowest BCUT2D eigenvalue weighted by Crippen LogP contribution is -2.36. The lowest BCUT2D eigenvalue weighted by atomic mass is 10.1. The number of ether oxygens (including phenoxy) is 6. The van der Waals surface area contributed by atoms with Crippen molar-refractivity contribution in [1.82, 2.24) is 0 Å². The van der Waals surface area contributed by atoms with E-state index in [-0.39, 0.29) is 24.5 Å². The molecule has 0 aromatic heterocycles. The highest BCUT2D eigenvalue weighted by atomic mass is 16.8. The Hall–Kier alpha value is -4.12. The molecule has 0 spiro atoms. The summed E-state index contributed by atoms with van der Waals surface area (Å²) in [6.07, 6.45) is -1.62. The van der Waals surface area contributed by atoms with Crippen LogP contribution in [0.3, 0.4) is 0 Å². The van der Waals surface area contributed by atoms with Crippen LogP contribution in [0.5, 0.6) is 11.5 Å². The Morgan fingerprint density at radius 1 is 0.810 bits per heavy atom. The Bertz CT molecular complexity index is 1230. The van der Waals surface area contributed by atoms with Crippen LogP contribution < -0.4 is 15.2 Å². The van der Waals surface area contributed by atoms with Crippen LogP contribution in [0.4, 0.5) is 9.59 Å². The second kappa shape index (κ2) is 15.2. The lowest BCUT2D eigenvalue weighted by molar-refractivity contribution is -0.148. The molecule has 0 fully saturated rings. The van der Waals surface area contributed by atoms with Gasteiger partial charge in [-0.25, -0.2) is 14.4 Å². The van der Waals surface area contributed by atoms with Crippen molar-refractivity contribution >= 4 is 24.2 Å². The second-order valence-corrected chi connectivity index (χ2v) is 10.9. The summed E-state index contributed by atoms with van der Waals surface area (Å²) in [5.41, 5.74) is 5.36. The molecular formula is C31H41NO10. The van der Waals surface area contributed by atoms with E-state index in [2.05, 4.69) is 0 Å². The van der Waals surface area contributed by atoms with Crippen molar-refractivity contribution in [2.24, 2.45) is 5.73 Å². The maximum atomic E-state index is 12.6. The van der Waals surface area contributed by atoms with Crippen LogP contribution >= 0.6 is 0 Å². The number of benzene rings is 2. The first-order chi connectivity index (χ1) is 19.6. The molecule has 0 radical (unpaired) electrons. The van der Waals surface area contributed by atoms with Gasteiger partial charge in [-0.05, 0) is 83.7 Å². The third kappa shape index (κ3) is 11.4. The van der Waals surface area contributed by atoms with E-state index in [1.54, 1.807) is 71.0 Å². The van der Waals surface area contributed by atoms with E-state index in [1.165, 1.54) is 12.1 Å². The van der Waals surface area contributed by atoms with Gasteiger partial charge in [0.1, 0.15) is 30.0 Å². The van der Waals surface area contributed by atoms with Gasteiger partial charge in [0.15, 0.2) is 11.5 Å². The molecule has 0 aliphatic carbocycles. The average molecular weight is 588 g/mol. The van der Waals surface area contributed by atoms with Crippen LogP contribution in [0.2, 0.25) is 0 Å². The van der Waals surface area contributed by atoms with E-state index in [0.717, 1.165) is 0 Å². The number of hydrogen-bond donors (Lipinski definition) is 1. The van der Waals surface area contributed by atoms with Crippen molar-refractivity contribution in [1.29, 1.82) is 0 Å². The molecule has 11 heteroatoms. The third-order valence-electron chi connectivity index (χ3n) is 6.35. The quantitative estimate of drug-likeness (QED) is 0.173. The summed E-state index contributed by atoms with van der Waals surface area (Å²) in [5.74, 6) is -1.49. The van der Waals surface area contributed by atoms with Crippen molar-refractivity contribution < 1.29 is 47.6 Å². The maximum absolute atomic E-state index is 12.6. The summed E-state index contributed by atoms with van der Waals surface area (Å²) >= 11 is 0. The standard InChI is InChI=1S/C31H41NO10/c1-8-30(4,5)41-28(35)39-24-16-15-21(18-25(24)40-29(36)42-31(6,7)9-2)17-23(32)27(34)37-19-20(3)38-26(33)22-13-11-10-12-14-22/h10-16,18,20,23H,8-9,17,19,32H2,1-7H3/t20-,23-/m0/s1. The summed E-state index contributed by atoms with van der Waals surface area (Å²) in [5, 5.41) is 0. The number of rotatable bonds is 13. The predicted octanol–water partition coefficient (Wildman–Crippen LogP) is 5.75. The van der Waals surface area contributed by atoms with Gasteiger partial charge >= 0.3 is 24.2 Å². The summed E-state index contributed by atoms with van der Waals surface area (Å²) in [6.45, 7) is 12.0. The summed E-state index contributed by atoms with van der Waals surface area (Å²) < 4.78 is 31.9. The molecule has 230 valence electrons. The largest absolute Gasteiger partial charge is 0.514 e. The molecule has 2 N–H and O–H groups in total. The molecule has 2 rings (SSSR count). The first-order valence-corrected chi connectivity index (χ1v) is 13.8. The van der Waals surface area contributed by atoms with Crippen LogP contribution in [0, 0.1) is 0 Å². The minimum absolute atomic E-state index is 0.00350. The third-order valence-corrected chi connectivity index (χ3v) is 6.35. The highest BCUT2D eigenvalue weighted by Crippen LogP contribution is 2.31. The zero-order valence-corrected chi connectivity index (χ0v) is 25.3. The van der Waals surface area contributed by atoms with Crippen LogP contribution in [0.15, 0.2) is 48.5 Å². The zero-order chi connectivity index (χ0) is 31.5. The Balaban J connectivity index is 2.08. The van der Waals surface area contributed by atoms with Crippen molar-refractivity contribution in [3.63, 3.8) is 0 Å². The first-order valence-electron chi connectivity index (χ1n) is 13.8. The first kappa shape index (κ1) is 34.1. The van der Waals surface area contributed by atoms with E-state index in [4.69, 9.17) is 34.2 Å². The van der Waals surface area contributed by atoms with Gasteiger partial charge in [0.25, 0.3) is 0 Å². The van der Waals surface area contributed by atoms with Gasteiger partial charge in [-0.2, -0.15) is 0 Å². The molecule has 0 bridgehead atoms. The van der Waals surface area contributed by atoms with E-state index >= 15 is 0 Å². The normalized spacial score (nSPS) is 12.9. The van der Waals surface area contributed by atoms with Gasteiger partial charge in [0.2, 0.25) is 0 Å². The molecule has 11 nitrogen and oxygen atoms in total. The van der Waals surface area contributed by atoms with Gasteiger partial charge < -0.3 is 34.2 Å². The van der Waals surface area contributed by atoms with Crippen molar-refractivity contribution in [3.8, 4) is 11.5 Å². The fraction of sp³-hybridized carbons (Fsp3) is 0.484. The summed E-state index contributed by atoms with van der Waals surface area (Å²) in [4.78, 5) is 49.6.